The Morgan fingerprint density at radius 3 is 2.70 bits per heavy atom. The van der Waals surface area contributed by atoms with Crippen LogP contribution in [0.25, 0.3) is 0 Å². The van der Waals surface area contributed by atoms with Crippen LogP contribution in [0.3, 0.4) is 0 Å². The molecule has 5 nitrogen and oxygen atoms in total. The van der Waals surface area contributed by atoms with Gasteiger partial charge in [0.25, 0.3) is 5.91 Å². The topological polar surface area (TPSA) is 62.3 Å². The quantitative estimate of drug-likeness (QED) is 0.782. The molecule has 0 unspecified atom stereocenters. The molecule has 1 N–H and O–H groups in total. The highest BCUT2D eigenvalue weighted by atomic mass is 35.5. The fraction of sp³-hybridized carbons (Fsp3) is 0.381. The van der Waals surface area contributed by atoms with Crippen LogP contribution in [0.15, 0.2) is 48.7 Å². The molecule has 142 valence electrons. The van der Waals surface area contributed by atoms with Gasteiger partial charge in [-0.25, -0.2) is 4.98 Å². The van der Waals surface area contributed by atoms with E-state index in [4.69, 9.17) is 11.6 Å². The third-order valence-corrected chi connectivity index (χ3v) is 5.39. The molecule has 1 saturated heterocycles. The molecule has 2 atom stereocenters. The van der Waals surface area contributed by atoms with Gasteiger partial charge in [0.1, 0.15) is 5.15 Å². The molecule has 6 heteroatoms. The molecule has 3 rings (SSSR count). The van der Waals surface area contributed by atoms with E-state index in [-0.39, 0.29) is 17.7 Å². The molecular formula is C21H24ClN3O2. The van der Waals surface area contributed by atoms with E-state index in [1.807, 2.05) is 35.2 Å². The maximum atomic E-state index is 12.7. The minimum absolute atomic E-state index is 0.0232. The number of piperidine rings is 1. The molecule has 1 aliphatic heterocycles. The van der Waals surface area contributed by atoms with Crippen LogP contribution in [-0.4, -0.2) is 34.8 Å². The second kappa shape index (κ2) is 9.00. The number of hydrogen-bond acceptors (Lipinski definition) is 3. The Morgan fingerprint density at radius 1 is 1.22 bits per heavy atom. The third kappa shape index (κ3) is 5.07. The molecule has 0 aliphatic carbocycles. The highest BCUT2D eigenvalue weighted by Crippen LogP contribution is 2.30. The van der Waals surface area contributed by atoms with Crippen LogP contribution in [0.1, 0.15) is 36.5 Å². The molecule has 0 saturated carbocycles. The lowest BCUT2D eigenvalue weighted by Gasteiger charge is -2.38. The number of halogens is 1. The minimum atomic E-state index is -0.0232. The van der Waals surface area contributed by atoms with Crippen LogP contribution in [-0.2, 0) is 4.79 Å². The lowest BCUT2D eigenvalue weighted by Crippen LogP contribution is -2.44. The molecule has 27 heavy (non-hydrogen) atoms. The Balaban J connectivity index is 1.59. The Bertz CT molecular complexity index is 797. The Morgan fingerprint density at radius 2 is 2.00 bits per heavy atom. The number of likely N-dealkylation sites (tertiary alicyclic amines) is 1. The van der Waals surface area contributed by atoms with E-state index in [1.54, 1.807) is 18.3 Å². The van der Waals surface area contributed by atoms with E-state index in [9.17, 15) is 9.59 Å². The number of nitrogens with one attached hydrogen (secondary N) is 1. The molecule has 1 aromatic heterocycles. The molecule has 1 aliphatic rings. The summed E-state index contributed by atoms with van der Waals surface area (Å²) in [5.74, 6) is 0.598. The van der Waals surface area contributed by atoms with Crippen molar-refractivity contribution in [3.05, 3.63) is 59.4 Å². The number of rotatable bonds is 5. The summed E-state index contributed by atoms with van der Waals surface area (Å²) in [4.78, 5) is 30.9. The third-order valence-electron chi connectivity index (χ3n) is 5.18. The number of pyridine rings is 1. The number of carbonyl (C=O) groups is 2. The van der Waals surface area contributed by atoms with Crippen molar-refractivity contribution in [2.45, 2.75) is 26.2 Å². The number of benzene rings is 1. The van der Waals surface area contributed by atoms with Gasteiger partial charge in [0.05, 0.1) is 0 Å². The molecule has 0 bridgehead atoms. The summed E-state index contributed by atoms with van der Waals surface area (Å²) >= 11 is 5.90. The van der Waals surface area contributed by atoms with Gasteiger partial charge >= 0.3 is 0 Å². The van der Waals surface area contributed by atoms with Gasteiger partial charge < -0.3 is 10.2 Å². The summed E-state index contributed by atoms with van der Waals surface area (Å²) in [6.45, 7) is 3.43. The predicted octanol–water partition coefficient (Wildman–Crippen LogP) is 4.25. The van der Waals surface area contributed by atoms with Crippen LogP contribution in [0, 0.1) is 11.8 Å². The first-order chi connectivity index (χ1) is 13.1. The Labute approximate surface area is 164 Å². The SMILES string of the molecule is CC[C@@H]1CN(C(=O)c2ccnc(Cl)c2)CC[C@H]1CC(=O)Nc1ccccc1. The first-order valence-corrected chi connectivity index (χ1v) is 9.70. The number of anilines is 1. The summed E-state index contributed by atoms with van der Waals surface area (Å²) in [6.07, 6.45) is 3.79. The molecule has 2 heterocycles. The van der Waals surface area contributed by atoms with E-state index in [0.29, 0.717) is 36.1 Å². The zero-order valence-electron chi connectivity index (χ0n) is 15.4. The Kier molecular flexibility index (Phi) is 6.45. The van der Waals surface area contributed by atoms with Crippen molar-refractivity contribution in [3.8, 4) is 0 Å². The standard InChI is InChI=1S/C21H24ClN3O2/c1-2-15-14-25(21(27)17-8-10-23-19(22)12-17)11-9-16(15)13-20(26)24-18-6-4-3-5-7-18/h3-8,10,12,15-16H,2,9,11,13-14H2,1H3,(H,24,26)/t15-,16+/m1/s1. The predicted molar refractivity (Wildman–Crippen MR) is 107 cm³/mol. The smallest absolute Gasteiger partial charge is 0.254 e. The zero-order valence-corrected chi connectivity index (χ0v) is 16.2. The van der Waals surface area contributed by atoms with E-state index >= 15 is 0 Å². The number of carbonyl (C=O) groups excluding carboxylic acids is 2. The number of hydrogen-bond donors (Lipinski definition) is 1. The number of aromatic nitrogens is 1. The summed E-state index contributed by atoms with van der Waals surface area (Å²) in [7, 11) is 0. The number of para-hydroxylation sites is 1. The van der Waals surface area contributed by atoms with Crippen LogP contribution in [0.4, 0.5) is 5.69 Å². The molecular weight excluding hydrogens is 362 g/mol. The van der Waals surface area contributed by atoms with Crippen molar-refractivity contribution in [1.29, 1.82) is 0 Å². The molecule has 2 aromatic rings. The van der Waals surface area contributed by atoms with Crippen molar-refractivity contribution >= 4 is 29.1 Å². The fourth-order valence-electron chi connectivity index (χ4n) is 3.69. The average molecular weight is 386 g/mol. The monoisotopic (exact) mass is 385 g/mol. The van der Waals surface area contributed by atoms with E-state index in [0.717, 1.165) is 18.5 Å². The van der Waals surface area contributed by atoms with Crippen molar-refractivity contribution in [2.24, 2.45) is 11.8 Å². The van der Waals surface area contributed by atoms with E-state index < -0.39 is 0 Å². The highest BCUT2D eigenvalue weighted by Gasteiger charge is 2.32. The molecule has 1 aromatic carbocycles. The van der Waals surface area contributed by atoms with Gasteiger partial charge in [-0.3, -0.25) is 9.59 Å². The first-order valence-electron chi connectivity index (χ1n) is 9.32. The number of amides is 2. The van der Waals surface area contributed by atoms with Crippen molar-refractivity contribution in [1.82, 2.24) is 9.88 Å². The molecule has 2 amide bonds. The summed E-state index contributed by atoms with van der Waals surface area (Å²) in [5.41, 5.74) is 1.38. The normalized spacial score (nSPS) is 19.6. The van der Waals surface area contributed by atoms with Gasteiger partial charge in [-0.05, 0) is 42.5 Å². The zero-order chi connectivity index (χ0) is 19.2. The summed E-state index contributed by atoms with van der Waals surface area (Å²) in [5, 5.41) is 3.28. The first kappa shape index (κ1) is 19.4. The van der Waals surface area contributed by atoms with Crippen molar-refractivity contribution in [3.63, 3.8) is 0 Å². The second-order valence-corrected chi connectivity index (χ2v) is 7.34. The average Bonchev–Trinajstić information content (AvgIpc) is 2.68. The van der Waals surface area contributed by atoms with Crippen LogP contribution < -0.4 is 5.32 Å². The fourth-order valence-corrected chi connectivity index (χ4v) is 3.86. The minimum Gasteiger partial charge on any atom is -0.338 e. The lowest BCUT2D eigenvalue weighted by molar-refractivity contribution is -0.117. The van der Waals surface area contributed by atoms with Crippen LogP contribution in [0.2, 0.25) is 5.15 Å². The summed E-state index contributed by atoms with van der Waals surface area (Å²) < 4.78 is 0. The van der Waals surface area contributed by atoms with Gasteiger partial charge in [-0.1, -0.05) is 43.1 Å². The molecule has 0 radical (unpaired) electrons. The van der Waals surface area contributed by atoms with Gasteiger partial charge in [0.2, 0.25) is 5.91 Å². The van der Waals surface area contributed by atoms with Crippen LogP contribution >= 0.6 is 11.6 Å². The molecule has 0 spiro atoms. The Hall–Kier alpha value is -2.40. The van der Waals surface area contributed by atoms with Crippen molar-refractivity contribution < 1.29 is 9.59 Å². The highest BCUT2D eigenvalue weighted by molar-refractivity contribution is 6.29. The van der Waals surface area contributed by atoms with E-state index in [1.165, 1.54) is 0 Å². The maximum Gasteiger partial charge on any atom is 0.254 e. The second-order valence-electron chi connectivity index (χ2n) is 6.95. The molecule has 1 fully saturated rings. The van der Waals surface area contributed by atoms with Gasteiger partial charge in [0, 0.05) is 37.0 Å². The van der Waals surface area contributed by atoms with Crippen LogP contribution in [0.5, 0.6) is 0 Å². The van der Waals surface area contributed by atoms with Gasteiger partial charge in [-0.2, -0.15) is 0 Å². The lowest BCUT2D eigenvalue weighted by atomic mass is 9.81. The maximum absolute atomic E-state index is 12.7. The van der Waals surface area contributed by atoms with Gasteiger partial charge in [-0.15, -0.1) is 0 Å². The van der Waals surface area contributed by atoms with Crippen molar-refractivity contribution in [2.75, 3.05) is 18.4 Å². The van der Waals surface area contributed by atoms with E-state index in [2.05, 4.69) is 17.2 Å². The summed E-state index contributed by atoms with van der Waals surface area (Å²) in [6, 6.07) is 12.8. The number of nitrogens with zero attached hydrogens (tertiary/aromatic N) is 2. The van der Waals surface area contributed by atoms with Gasteiger partial charge in [0.15, 0.2) is 0 Å². The largest absolute Gasteiger partial charge is 0.338 e.